The van der Waals surface area contributed by atoms with Gasteiger partial charge in [-0.05, 0) is 61.7 Å². The lowest BCUT2D eigenvalue weighted by Crippen LogP contribution is -2.47. The van der Waals surface area contributed by atoms with E-state index in [9.17, 15) is 9.90 Å². The molecule has 2 heterocycles. The van der Waals surface area contributed by atoms with Gasteiger partial charge >= 0.3 is 0 Å². The van der Waals surface area contributed by atoms with E-state index in [0.717, 1.165) is 24.2 Å². The number of ether oxygens (including phenoxy) is 1. The average molecular weight is 469 g/mol. The third-order valence-electron chi connectivity index (χ3n) is 6.06. The SMILES string of the molecule is C=CCC[C@H](O)CN(CC=C)CC(=O)N1CCc2sccc2[C@H]1COc1ccc(C)cc1C. The van der Waals surface area contributed by atoms with Crippen LogP contribution in [0.4, 0.5) is 0 Å². The van der Waals surface area contributed by atoms with Crippen LogP contribution in [0.15, 0.2) is 55.0 Å². The second-order valence-corrected chi connectivity index (χ2v) is 9.74. The molecule has 6 heteroatoms. The Kier molecular flexibility index (Phi) is 9.30. The molecule has 0 spiro atoms. The predicted molar refractivity (Wildman–Crippen MR) is 136 cm³/mol. The molecule has 0 aliphatic carbocycles. The fraction of sp³-hybridized carbons (Fsp3) is 0.444. The quantitative estimate of drug-likeness (QED) is 0.460. The standard InChI is InChI=1S/C27H36N2O3S/c1-5-7-8-22(30)17-28(13-6-2)18-27(31)29-14-11-26-23(12-15-33-26)24(29)19-32-25-10-9-20(3)16-21(25)4/h5-6,9-10,12,15-16,22,24,30H,1-2,7-8,11,13-14,17-19H2,3-4H3/t22-,24+/m0/s1. The van der Waals surface area contributed by atoms with Crippen LogP contribution >= 0.6 is 11.3 Å². The number of fused-ring (bicyclic) bond motifs is 1. The Morgan fingerprint density at radius 3 is 2.88 bits per heavy atom. The van der Waals surface area contributed by atoms with Crippen molar-refractivity contribution in [3.8, 4) is 5.75 Å². The Balaban J connectivity index is 1.72. The molecule has 2 aromatic rings. The van der Waals surface area contributed by atoms with Crippen molar-refractivity contribution in [3.05, 3.63) is 76.5 Å². The maximum Gasteiger partial charge on any atom is 0.237 e. The van der Waals surface area contributed by atoms with E-state index in [4.69, 9.17) is 4.74 Å². The van der Waals surface area contributed by atoms with E-state index in [0.29, 0.717) is 32.7 Å². The van der Waals surface area contributed by atoms with E-state index in [2.05, 4.69) is 37.6 Å². The van der Waals surface area contributed by atoms with Gasteiger partial charge in [0.25, 0.3) is 0 Å². The van der Waals surface area contributed by atoms with Crippen molar-refractivity contribution in [3.63, 3.8) is 0 Å². The number of hydrogen-bond donors (Lipinski definition) is 1. The van der Waals surface area contributed by atoms with E-state index < -0.39 is 6.10 Å². The van der Waals surface area contributed by atoms with Gasteiger partial charge in [-0.15, -0.1) is 24.5 Å². The number of carbonyl (C=O) groups is 1. The number of nitrogens with zero attached hydrogens (tertiary/aromatic N) is 2. The molecule has 1 amide bonds. The van der Waals surface area contributed by atoms with E-state index in [1.54, 1.807) is 23.5 Å². The minimum atomic E-state index is -0.496. The molecule has 5 nitrogen and oxygen atoms in total. The van der Waals surface area contributed by atoms with Crippen molar-refractivity contribution in [1.29, 1.82) is 0 Å². The largest absolute Gasteiger partial charge is 0.491 e. The first-order valence-corrected chi connectivity index (χ1v) is 12.5. The normalized spacial score (nSPS) is 16.4. The summed E-state index contributed by atoms with van der Waals surface area (Å²) >= 11 is 1.75. The van der Waals surface area contributed by atoms with Crippen molar-refractivity contribution < 1.29 is 14.6 Å². The molecule has 1 aromatic heterocycles. The highest BCUT2D eigenvalue weighted by Crippen LogP contribution is 2.34. The molecular weight excluding hydrogens is 432 g/mol. The molecule has 0 bridgehead atoms. The fourth-order valence-corrected chi connectivity index (χ4v) is 5.30. The first kappa shape index (κ1) is 25.2. The minimum Gasteiger partial charge on any atom is -0.491 e. The molecule has 1 aliphatic heterocycles. The van der Waals surface area contributed by atoms with Crippen molar-refractivity contribution in [2.45, 2.75) is 45.3 Å². The highest BCUT2D eigenvalue weighted by Gasteiger charge is 2.33. The number of thiophene rings is 1. The van der Waals surface area contributed by atoms with Gasteiger partial charge in [-0.25, -0.2) is 0 Å². The van der Waals surface area contributed by atoms with Gasteiger partial charge in [0.15, 0.2) is 0 Å². The Bertz CT molecular complexity index is 955. The number of amides is 1. The monoisotopic (exact) mass is 468 g/mol. The number of carbonyl (C=O) groups excluding carboxylic acids is 1. The highest BCUT2D eigenvalue weighted by molar-refractivity contribution is 7.10. The molecule has 2 atom stereocenters. The van der Waals surface area contributed by atoms with Crippen LogP contribution in [0.25, 0.3) is 0 Å². The summed E-state index contributed by atoms with van der Waals surface area (Å²) in [6.07, 6.45) is 5.34. The Morgan fingerprint density at radius 2 is 2.15 bits per heavy atom. The van der Waals surface area contributed by atoms with Crippen LogP contribution in [-0.2, 0) is 11.2 Å². The van der Waals surface area contributed by atoms with Crippen LogP contribution in [0.5, 0.6) is 5.75 Å². The number of aliphatic hydroxyl groups is 1. The zero-order valence-corrected chi connectivity index (χ0v) is 20.7. The summed E-state index contributed by atoms with van der Waals surface area (Å²) < 4.78 is 6.23. The third kappa shape index (κ3) is 6.79. The molecule has 0 unspecified atom stereocenters. The summed E-state index contributed by atoms with van der Waals surface area (Å²) in [5, 5.41) is 12.4. The minimum absolute atomic E-state index is 0.0545. The summed E-state index contributed by atoms with van der Waals surface area (Å²) in [5.41, 5.74) is 3.48. The Morgan fingerprint density at radius 1 is 1.33 bits per heavy atom. The molecule has 0 saturated heterocycles. The van der Waals surface area contributed by atoms with Gasteiger partial charge in [0.2, 0.25) is 5.91 Å². The molecule has 0 fully saturated rings. The van der Waals surface area contributed by atoms with Gasteiger partial charge < -0.3 is 14.7 Å². The zero-order chi connectivity index (χ0) is 23.8. The second-order valence-electron chi connectivity index (χ2n) is 8.73. The smallest absolute Gasteiger partial charge is 0.237 e. The van der Waals surface area contributed by atoms with Crippen molar-refractivity contribution in [2.75, 3.05) is 32.8 Å². The molecular formula is C27H36N2O3S. The molecule has 178 valence electrons. The maximum atomic E-state index is 13.4. The van der Waals surface area contributed by atoms with E-state index in [1.807, 2.05) is 28.9 Å². The maximum absolute atomic E-state index is 13.4. The van der Waals surface area contributed by atoms with Gasteiger partial charge in [-0.2, -0.15) is 0 Å². The summed E-state index contributed by atoms with van der Waals surface area (Å²) in [6, 6.07) is 8.16. The number of aliphatic hydroxyl groups excluding tert-OH is 1. The van der Waals surface area contributed by atoms with Crippen LogP contribution in [0.2, 0.25) is 0 Å². The van der Waals surface area contributed by atoms with Crippen LogP contribution in [0.3, 0.4) is 0 Å². The van der Waals surface area contributed by atoms with Gasteiger partial charge in [0.05, 0.1) is 18.7 Å². The van der Waals surface area contributed by atoms with Gasteiger partial charge in [-0.1, -0.05) is 29.8 Å². The van der Waals surface area contributed by atoms with Gasteiger partial charge in [0, 0.05) is 24.5 Å². The van der Waals surface area contributed by atoms with Crippen LogP contribution in [0.1, 0.15) is 40.5 Å². The molecule has 1 aromatic carbocycles. The van der Waals surface area contributed by atoms with Crippen molar-refractivity contribution >= 4 is 17.2 Å². The third-order valence-corrected chi connectivity index (χ3v) is 7.06. The van der Waals surface area contributed by atoms with Crippen molar-refractivity contribution in [1.82, 2.24) is 9.80 Å². The zero-order valence-electron chi connectivity index (χ0n) is 19.8. The van der Waals surface area contributed by atoms with E-state index >= 15 is 0 Å². The van der Waals surface area contributed by atoms with Crippen LogP contribution in [-0.4, -0.2) is 59.7 Å². The highest BCUT2D eigenvalue weighted by atomic mass is 32.1. The fourth-order valence-electron chi connectivity index (χ4n) is 4.37. The van der Waals surface area contributed by atoms with Crippen LogP contribution in [0, 0.1) is 13.8 Å². The molecule has 3 rings (SSSR count). The first-order valence-electron chi connectivity index (χ1n) is 11.6. The molecule has 0 radical (unpaired) electrons. The summed E-state index contributed by atoms with van der Waals surface area (Å²) in [7, 11) is 0. The number of aryl methyl sites for hydroxylation is 2. The topological polar surface area (TPSA) is 53.0 Å². The second kappa shape index (κ2) is 12.2. The van der Waals surface area contributed by atoms with E-state index in [1.165, 1.54) is 16.0 Å². The number of rotatable bonds is 12. The first-order chi connectivity index (χ1) is 15.9. The van der Waals surface area contributed by atoms with E-state index in [-0.39, 0.29) is 18.5 Å². The van der Waals surface area contributed by atoms with Gasteiger partial charge in [-0.3, -0.25) is 9.69 Å². The summed E-state index contributed by atoms with van der Waals surface area (Å²) in [4.78, 5) is 18.7. The average Bonchev–Trinajstić information content (AvgIpc) is 3.26. The molecule has 0 saturated carbocycles. The lowest BCUT2D eigenvalue weighted by Gasteiger charge is -2.37. The predicted octanol–water partition coefficient (Wildman–Crippen LogP) is 4.68. The number of hydrogen-bond acceptors (Lipinski definition) is 5. The molecule has 1 aliphatic rings. The Hall–Kier alpha value is -2.41. The summed E-state index contributed by atoms with van der Waals surface area (Å²) in [6.45, 7) is 14.0. The lowest BCUT2D eigenvalue weighted by molar-refractivity contribution is -0.136. The summed E-state index contributed by atoms with van der Waals surface area (Å²) in [5.74, 6) is 0.910. The Labute approximate surface area is 202 Å². The molecule has 33 heavy (non-hydrogen) atoms. The van der Waals surface area contributed by atoms with Crippen LogP contribution < -0.4 is 4.74 Å². The van der Waals surface area contributed by atoms with Crippen molar-refractivity contribution in [2.24, 2.45) is 0 Å². The number of allylic oxidation sites excluding steroid dienone is 1. The lowest BCUT2D eigenvalue weighted by atomic mass is 10.00. The molecule has 1 N–H and O–H groups in total. The van der Waals surface area contributed by atoms with Gasteiger partial charge in [0.1, 0.15) is 12.4 Å². The number of benzene rings is 1.